The fourth-order valence-corrected chi connectivity index (χ4v) is 2.84. The highest BCUT2D eigenvalue weighted by molar-refractivity contribution is 5.90. The molecule has 1 aliphatic heterocycles. The van der Waals surface area contributed by atoms with E-state index >= 15 is 0 Å². The van der Waals surface area contributed by atoms with Crippen LogP contribution < -0.4 is 4.74 Å². The number of hydrogen-bond acceptors (Lipinski definition) is 3. The lowest BCUT2D eigenvalue weighted by molar-refractivity contribution is -0.162. The summed E-state index contributed by atoms with van der Waals surface area (Å²) in [5.41, 5.74) is -0.707. The van der Waals surface area contributed by atoms with Gasteiger partial charge in [0.15, 0.2) is 11.4 Å². The van der Waals surface area contributed by atoms with Crippen LogP contribution in [0.3, 0.4) is 0 Å². The molecule has 2 aliphatic rings. The first-order valence-electron chi connectivity index (χ1n) is 5.66. The fourth-order valence-electron chi connectivity index (χ4n) is 2.84. The highest BCUT2D eigenvalue weighted by atomic mass is 16.5. The Labute approximate surface area is 94.0 Å². The van der Waals surface area contributed by atoms with Gasteiger partial charge in [0.2, 0.25) is 0 Å². The van der Waals surface area contributed by atoms with Crippen molar-refractivity contribution in [1.29, 1.82) is 0 Å². The lowest BCUT2D eigenvalue weighted by Gasteiger charge is -2.46. The predicted octanol–water partition coefficient (Wildman–Crippen LogP) is 1.63. The number of para-hydroxylation sites is 1. The van der Waals surface area contributed by atoms with E-state index in [4.69, 9.17) is 4.74 Å². The highest BCUT2D eigenvalue weighted by Gasteiger charge is 2.54. The van der Waals surface area contributed by atoms with Gasteiger partial charge in [-0.15, -0.1) is 0 Å². The molecule has 3 heteroatoms. The minimum absolute atomic E-state index is 0.0439. The third-order valence-electron chi connectivity index (χ3n) is 3.87. The van der Waals surface area contributed by atoms with Crippen molar-refractivity contribution in [3.05, 3.63) is 29.8 Å². The smallest absolute Gasteiger partial charge is 0.169 e. The quantitative estimate of drug-likeness (QED) is 0.720. The number of ketones is 1. The molecule has 3 rings (SSSR count). The second kappa shape index (κ2) is 3.08. The molecule has 1 N–H and O–H groups in total. The van der Waals surface area contributed by atoms with E-state index in [9.17, 15) is 9.90 Å². The van der Waals surface area contributed by atoms with Gasteiger partial charge in [0.25, 0.3) is 0 Å². The maximum atomic E-state index is 12.0. The Hall–Kier alpha value is -1.35. The zero-order valence-corrected chi connectivity index (χ0v) is 9.14. The molecular formula is C13H14O3. The number of hydrogen-bond donors (Lipinski definition) is 1. The molecule has 0 unspecified atom stereocenters. The number of rotatable bonds is 0. The maximum absolute atomic E-state index is 12.0. The van der Waals surface area contributed by atoms with Gasteiger partial charge in [0.05, 0.1) is 0 Å². The van der Waals surface area contributed by atoms with Gasteiger partial charge in [-0.1, -0.05) is 25.1 Å². The topological polar surface area (TPSA) is 46.5 Å². The van der Waals surface area contributed by atoms with Crippen molar-refractivity contribution in [2.45, 2.75) is 31.5 Å². The molecule has 2 bridgehead atoms. The first-order chi connectivity index (χ1) is 7.64. The van der Waals surface area contributed by atoms with E-state index in [2.05, 4.69) is 0 Å². The van der Waals surface area contributed by atoms with Crippen LogP contribution in [-0.2, 0) is 10.4 Å². The van der Waals surface area contributed by atoms with Gasteiger partial charge in [-0.2, -0.15) is 0 Å². The lowest BCUT2D eigenvalue weighted by Crippen LogP contribution is -2.55. The van der Waals surface area contributed by atoms with Gasteiger partial charge in [-0.3, -0.25) is 4.79 Å². The molecule has 1 heterocycles. The van der Waals surface area contributed by atoms with Crippen LogP contribution in [0.15, 0.2) is 24.3 Å². The van der Waals surface area contributed by atoms with E-state index in [0.717, 1.165) is 0 Å². The SMILES string of the molecule is C[C@H]1[C@H]2CCC(=O)[C@]1(O)c1ccccc1O2. The standard InChI is InChI=1S/C13H14O3/c1-8-10-6-7-12(14)13(8,15)9-4-2-3-5-11(9)16-10/h2-5,8,10,15H,6-7H2,1H3/t8-,10+,13+/m0/s1. The van der Waals surface area contributed by atoms with E-state index in [1.165, 1.54) is 0 Å². The molecule has 0 amide bonds. The predicted molar refractivity (Wildman–Crippen MR) is 58.2 cm³/mol. The minimum Gasteiger partial charge on any atom is -0.490 e. The number of Topliss-reactive ketones (excluding diaryl/α,β-unsaturated/α-hetero) is 1. The van der Waals surface area contributed by atoms with Crippen LogP contribution in [0.4, 0.5) is 0 Å². The molecule has 0 aromatic heterocycles. The normalized spacial score (nSPS) is 36.5. The molecule has 1 aromatic rings. The van der Waals surface area contributed by atoms with Gasteiger partial charge in [-0.25, -0.2) is 0 Å². The van der Waals surface area contributed by atoms with E-state index < -0.39 is 5.60 Å². The Morgan fingerprint density at radius 1 is 1.44 bits per heavy atom. The van der Waals surface area contributed by atoms with Gasteiger partial charge >= 0.3 is 0 Å². The second-order valence-corrected chi connectivity index (χ2v) is 4.67. The van der Waals surface area contributed by atoms with E-state index in [1.54, 1.807) is 6.07 Å². The van der Waals surface area contributed by atoms with Crippen molar-refractivity contribution in [1.82, 2.24) is 0 Å². The van der Waals surface area contributed by atoms with E-state index in [0.29, 0.717) is 24.2 Å². The zero-order chi connectivity index (χ0) is 11.3. The summed E-state index contributed by atoms with van der Waals surface area (Å²) in [6.07, 6.45) is 1.06. The first-order valence-corrected chi connectivity index (χ1v) is 5.66. The summed E-state index contributed by atoms with van der Waals surface area (Å²) in [7, 11) is 0. The van der Waals surface area contributed by atoms with Gasteiger partial charge < -0.3 is 9.84 Å². The van der Waals surface area contributed by atoms with Crippen molar-refractivity contribution in [2.75, 3.05) is 0 Å². The summed E-state index contributed by atoms with van der Waals surface area (Å²) >= 11 is 0. The molecular weight excluding hydrogens is 204 g/mol. The van der Waals surface area contributed by atoms with Crippen LogP contribution in [-0.4, -0.2) is 17.0 Å². The number of fused-ring (bicyclic) bond motifs is 4. The van der Waals surface area contributed by atoms with Crippen molar-refractivity contribution in [2.24, 2.45) is 5.92 Å². The molecule has 0 saturated heterocycles. The summed E-state index contributed by atoms with van der Waals surface area (Å²) < 4.78 is 5.82. The Balaban J connectivity index is 2.23. The molecule has 84 valence electrons. The average Bonchev–Trinajstić information content (AvgIpc) is 2.29. The molecule has 0 spiro atoms. The highest BCUT2D eigenvalue weighted by Crippen LogP contribution is 2.48. The van der Waals surface area contributed by atoms with Crippen LogP contribution in [0, 0.1) is 5.92 Å². The van der Waals surface area contributed by atoms with Gasteiger partial charge in [0.1, 0.15) is 11.9 Å². The van der Waals surface area contributed by atoms with Crippen LogP contribution >= 0.6 is 0 Å². The van der Waals surface area contributed by atoms with Crippen molar-refractivity contribution < 1.29 is 14.6 Å². The summed E-state index contributed by atoms with van der Waals surface area (Å²) in [4.78, 5) is 12.0. The molecule has 3 nitrogen and oxygen atoms in total. The van der Waals surface area contributed by atoms with E-state index in [1.807, 2.05) is 25.1 Å². The van der Waals surface area contributed by atoms with Gasteiger partial charge in [0, 0.05) is 17.9 Å². The molecule has 3 atom stereocenters. The third kappa shape index (κ3) is 1.04. The molecule has 1 fully saturated rings. The van der Waals surface area contributed by atoms with Crippen molar-refractivity contribution in [3.63, 3.8) is 0 Å². The van der Waals surface area contributed by atoms with Crippen molar-refractivity contribution >= 4 is 5.78 Å². The Morgan fingerprint density at radius 3 is 3.00 bits per heavy atom. The van der Waals surface area contributed by atoms with Crippen LogP contribution in [0.2, 0.25) is 0 Å². The zero-order valence-electron chi connectivity index (χ0n) is 9.14. The molecule has 1 aliphatic carbocycles. The number of benzene rings is 1. The van der Waals surface area contributed by atoms with E-state index in [-0.39, 0.29) is 17.8 Å². The van der Waals surface area contributed by atoms with Crippen LogP contribution in [0.25, 0.3) is 0 Å². The van der Waals surface area contributed by atoms with Crippen LogP contribution in [0.1, 0.15) is 25.3 Å². The fraction of sp³-hybridized carbons (Fsp3) is 0.462. The number of aliphatic hydroxyl groups is 1. The Bertz CT molecular complexity index is 454. The average molecular weight is 218 g/mol. The summed E-state index contributed by atoms with van der Waals surface area (Å²) in [6.45, 7) is 1.89. The lowest BCUT2D eigenvalue weighted by atomic mass is 9.68. The van der Waals surface area contributed by atoms with Crippen LogP contribution in [0.5, 0.6) is 5.75 Å². The monoisotopic (exact) mass is 218 g/mol. The maximum Gasteiger partial charge on any atom is 0.169 e. The number of carbonyl (C=O) groups excluding carboxylic acids is 1. The Morgan fingerprint density at radius 2 is 2.19 bits per heavy atom. The third-order valence-corrected chi connectivity index (χ3v) is 3.87. The minimum atomic E-state index is -1.34. The second-order valence-electron chi connectivity index (χ2n) is 4.67. The van der Waals surface area contributed by atoms with Crippen molar-refractivity contribution in [3.8, 4) is 5.75 Å². The first kappa shape index (κ1) is 9.85. The summed E-state index contributed by atoms with van der Waals surface area (Å²) in [6, 6.07) is 7.29. The summed E-state index contributed by atoms with van der Waals surface area (Å²) in [5, 5.41) is 10.7. The molecule has 16 heavy (non-hydrogen) atoms. The van der Waals surface area contributed by atoms with Gasteiger partial charge in [-0.05, 0) is 12.5 Å². The molecule has 1 aromatic carbocycles. The summed E-state index contributed by atoms with van der Waals surface area (Å²) in [5.74, 6) is 0.414. The largest absolute Gasteiger partial charge is 0.490 e. The molecule has 1 saturated carbocycles. The number of carbonyl (C=O) groups is 1. The Kier molecular flexibility index (Phi) is 1.89. The number of ether oxygens (including phenoxy) is 1. The molecule has 0 radical (unpaired) electrons.